The number of carbonyl (C=O) groups excluding carboxylic acids is 1. The summed E-state index contributed by atoms with van der Waals surface area (Å²) in [6.07, 6.45) is 1.71. The van der Waals surface area contributed by atoms with E-state index in [4.69, 9.17) is 4.74 Å². The van der Waals surface area contributed by atoms with E-state index in [0.717, 1.165) is 34.5 Å². The maximum Gasteiger partial charge on any atom is 0.279 e. The van der Waals surface area contributed by atoms with Crippen molar-refractivity contribution < 1.29 is 22.3 Å². The van der Waals surface area contributed by atoms with Crippen LogP contribution in [-0.2, 0) is 16.6 Å². The highest BCUT2D eigenvalue weighted by Gasteiger charge is 2.16. The van der Waals surface area contributed by atoms with E-state index >= 15 is 0 Å². The molecule has 0 aliphatic rings. The molecule has 4 rings (SSSR count). The molecule has 3 aromatic carbocycles. The van der Waals surface area contributed by atoms with Gasteiger partial charge in [-0.1, -0.05) is 23.5 Å². The van der Waals surface area contributed by atoms with E-state index in [0.29, 0.717) is 17.1 Å². The van der Waals surface area contributed by atoms with Gasteiger partial charge in [-0.3, -0.25) is 9.52 Å². The van der Waals surface area contributed by atoms with Crippen LogP contribution in [0.4, 0.5) is 10.1 Å². The van der Waals surface area contributed by atoms with E-state index < -0.39 is 21.7 Å². The summed E-state index contributed by atoms with van der Waals surface area (Å²) in [4.78, 5) is 17.6. The van der Waals surface area contributed by atoms with Gasteiger partial charge in [0, 0.05) is 17.8 Å². The summed E-state index contributed by atoms with van der Waals surface area (Å²) >= 11 is 1.33. The normalized spacial score (nSPS) is 12.0. The summed E-state index contributed by atoms with van der Waals surface area (Å²) in [7, 11) is -2.37. The number of anilines is 1. The van der Waals surface area contributed by atoms with Crippen LogP contribution in [0.15, 0.2) is 89.3 Å². The number of allylic oxidation sites excluding steroid dienone is 1. The van der Waals surface area contributed by atoms with E-state index in [1.807, 2.05) is 22.8 Å². The van der Waals surface area contributed by atoms with Gasteiger partial charge in [0.15, 0.2) is 4.80 Å². The number of aromatic nitrogens is 1. The molecule has 0 unspecified atom stereocenters. The molecule has 1 amide bonds. The molecule has 34 heavy (non-hydrogen) atoms. The van der Waals surface area contributed by atoms with Crippen LogP contribution in [0.5, 0.6) is 5.75 Å². The maximum atomic E-state index is 13.1. The quantitative estimate of drug-likeness (QED) is 0.379. The van der Waals surface area contributed by atoms with Crippen LogP contribution >= 0.6 is 11.3 Å². The molecule has 0 aliphatic carbocycles. The van der Waals surface area contributed by atoms with E-state index in [1.54, 1.807) is 25.3 Å². The molecule has 0 saturated heterocycles. The Labute approximate surface area is 199 Å². The highest BCUT2D eigenvalue weighted by molar-refractivity contribution is 7.92. The largest absolute Gasteiger partial charge is 0.497 e. The topological polar surface area (TPSA) is 89.8 Å². The molecule has 0 fully saturated rings. The lowest BCUT2D eigenvalue weighted by molar-refractivity contribution is 0.0998. The molecule has 0 radical (unpaired) electrons. The van der Waals surface area contributed by atoms with Crippen LogP contribution in [0.1, 0.15) is 10.4 Å². The summed E-state index contributed by atoms with van der Waals surface area (Å²) < 4.78 is 48.8. The van der Waals surface area contributed by atoms with Gasteiger partial charge in [-0.05, 0) is 60.7 Å². The Balaban J connectivity index is 1.67. The minimum absolute atomic E-state index is 0.0958. The summed E-state index contributed by atoms with van der Waals surface area (Å²) in [5.41, 5.74) is 1.28. The summed E-state index contributed by atoms with van der Waals surface area (Å²) in [6.45, 7) is 4.23. The lowest BCUT2D eigenvalue weighted by atomic mass is 10.2. The molecule has 174 valence electrons. The number of hydrogen-bond acceptors (Lipinski definition) is 5. The van der Waals surface area contributed by atoms with E-state index in [1.165, 1.54) is 23.5 Å². The molecule has 1 N–H and O–H groups in total. The average Bonchev–Trinajstić information content (AvgIpc) is 3.15. The van der Waals surface area contributed by atoms with E-state index in [9.17, 15) is 17.6 Å². The third-order valence-corrected chi connectivity index (χ3v) is 7.32. The Hall–Kier alpha value is -3.76. The third kappa shape index (κ3) is 4.92. The SMILES string of the molecule is C=CCn1c(=NC(=O)c2cccc(NS(=O)(=O)c3ccc(F)cc3)c2)sc2cc(OC)ccc21. The van der Waals surface area contributed by atoms with Crippen LogP contribution in [0.3, 0.4) is 0 Å². The molecule has 1 heterocycles. The Morgan fingerprint density at radius 1 is 1.18 bits per heavy atom. The third-order valence-electron chi connectivity index (χ3n) is 4.88. The number of benzene rings is 3. The molecule has 0 bridgehead atoms. The smallest absolute Gasteiger partial charge is 0.279 e. The van der Waals surface area contributed by atoms with Gasteiger partial charge >= 0.3 is 0 Å². The number of ether oxygens (including phenoxy) is 1. The van der Waals surface area contributed by atoms with Crippen molar-refractivity contribution in [2.45, 2.75) is 11.4 Å². The Kier molecular flexibility index (Phi) is 6.62. The average molecular weight is 498 g/mol. The number of sulfonamides is 1. The second-order valence-corrected chi connectivity index (χ2v) is 9.87. The summed E-state index contributed by atoms with van der Waals surface area (Å²) in [6, 6.07) is 16.1. The van der Waals surface area contributed by atoms with Crippen molar-refractivity contribution in [3.63, 3.8) is 0 Å². The molecule has 1 aromatic heterocycles. The fraction of sp³-hybridized carbons (Fsp3) is 0.0833. The van der Waals surface area contributed by atoms with Gasteiger partial charge in [0.25, 0.3) is 15.9 Å². The maximum absolute atomic E-state index is 13.1. The number of methoxy groups -OCH3 is 1. The van der Waals surface area contributed by atoms with Crippen molar-refractivity contribution in [1.29, 1.82) is 0 Å². The first-order valence-corrected chi connectivity index (χ1v) is 12.4. The van der Waals surface area contributed by atoms with Crippen molar-refractivity contribution in [3.8, 4) is 5.75 Å². The highest BCUT2D eigenvalue weighted by Crippen LogP contribution is 2.23. The molecule has 0 spiro atoms. The molecule has 0 saturated carbocycles. The molecule has 0 aliphatic heterocycles. The fourth-order valence-electron chi connectivity index (χ4n) is 3.27. The van der Waals surface area contributed by atoms with E-state index in [-0.39, 0.29) is 16.1 Å². The molecule has 4 aromatic rings. The Morgan fingerprint density at radius 2 is 1.94 bits per heavy atom. The number of hydrogen-bond donors (Lipinski definition) is 1. The standard InChI is InChI=1S/C24H20FN3O4S2/c1-3-13-28-21-12-9-19(32-2)15-22(21)33-24(28)26-23(29)16-5-4-6-18(14-16)27-34(30,31)20-10-7-17(25)8-11-20/h3-12,14-15,27H,1,13H2,2H3. The van der Waals surface area contributed by atoms with Gasteiger partial charge in [-0.2, -0.15) is 4.99 Å². The zero-order chi connectivity index (χ0) is 24.3. The summed E-state index contributed by atoms with van der Waals surface area (Å²) in [5.74, 6) is -0.376. The second kappa shape index (κ2) is 9.62. The Morgan fingerprint density at radius 3 is 2.65 bits per heavy atom. The number of thiazole rings is 1. The van der Waals surface area contributed by atoms with Crippen LogP contribution < -0.4 is 14.3 Å². The number of nitrogens with zero attached hydrogens (tertiary/aromatic N) is 2. The zero-order valence-corrected chi connectivity index (χ0v) is 19.7. The lowest BCUT2D eigenvalue weighted by Gasteiger charge is -2.09. The predicted octanol–water partition coefficient (Wildman–Crippen LogP) is 4.58. The van der Waals surface area contributed by atoms with Gasteiger partial charge in [0.1, 0.15) is 11.6 Å². The van der Waals surface area contributed by atoms with Crippen molar-refractivity contribution in [2.24, 2.45) is 4.99 Å². The van der Waals surface area contributed by atoms with Gasteiger partial charge in [0.05, 0.1) is 22.2 Å². The van der Waals surface area contributed by atoms with Crippen molar-refractivity contribution >= 4 is 43.2 Å². The van der Waals surface area contributed by atoms with Gasteiger partial charge in [0.2, 0.25) is 0 Å². The van der Waals surface area contributed by atoms with Crippen molar-refractivity contribution in [3.05, 3.63) is 95.6 Å². The van der Waals surface area contributed by atoms with Crippen molar-refractivity contribution in [1.82, 2.24) is 4.57 Å². The number of halogens is 1. The minimum Gasteiger partial charge on any atom is -0.497 e. The number of carbonyl (C=O) groups is 1. The fourth-order valence-corrected chi connectivity index (χ4v) is 5.38. The highest BCUT2D eigenvalue weighted by atomic mass is 32.2. The van der Waals surface area contributed by atoms with Gasteiger partial charge in [-0.25, -0.2) is 12.8 Å². The van der Waals surface area contributed by atoms with Gasteiger partial charge in [-0.15, -0.1) is 6.58 Å². The number of rotatable bonds is 7. The molecule has 0 atom stereocenters. The summed E-state index contributed by atoms with van der Waals surface area (Å²) in [5, 5.41) is 0. The first-order valence-electron chi connectivity index (χ1n) is 10.1. The first-order chi connectivity index (χ1) is 16.3. The Bertz CT molecular complexity index is 1560. The van der Waals surface area contributed by atoms with Gasteiger partial charge < -0.3 is 9.30 Å². The van der Waals surface area contributed by atoms with E-state index in [2.05, 4.69) is 16.3 Å². The zero-order valence-electron chi connectivity index (χ0n) is 18.1. The van der Waals surface area contributed by atoms with Crippen LogP contribution in [-0.4, -0.2) is 26.0 Å². The molecular weight excluding hydrogens is 477 g/mol. The lowest BCUT2D eigenvalue weighted by Crippen LogP contribution is -2.16. The number of amides is 1. The van der Waals surface area contributed by atoms with Crippen LogP contribution in [0.25, 0.3) is 10.2 Å². The number of fused-ring (bicyclic) bond motifs is 1. The minimum atomic E-state index is -3.95. The van der Waals surface area contributed by atoms with Crippen LogP contribution in [0.2, 0.25) is 0 Å². The molecular formula is C24H20FN3O4S2. The van der Waals surface area contributed by atoms with Crippen LogP contribution in [0, 0.1) is 5.82 Å². The second-order valence-electron chi connectivity index (χ2n) is 7.17. The molecule has 10 heteroatoms. The first kappa shape index (κ1) is 23.4. The number of nitrogens with one attached hydrogen (secondary N) is 1. The monoisotopic (exact) mass is 497 g/mol. The van der Waals surface area contributed by atoms with Crippen molar-refractivity contribution in [2.75, 3.05) is 11.8 Å². The predicted molar refractivity (Wildman–Crippen MR) is 130 cm³/mol. The molecule has 7 nitrogen and oxygen atoms in total.